The number of nitrogens with one attached hydrogen (secondary N) is 1. The van der Waals surface area contributed by atoms with Crippen molar-refractivity contribution in [1.29, 1.82) is 0 Å². The quantitative estimate of drug-likeness (QED) is 0.833. The number of nitrogens with zero attached hydrogens (tertiary/aromatic N) is 1. The minimum absolute atomic E-state index is 0.00511. The lowest BCUT2D eigenvalue weighted by atomic mass is 10.2. The van der Waals surface area contributed by atoms with Crippen LogP contribution in [0.25, 0.3) is 0 Å². The van der Waals surface area contributed by atoms with Crippen LogP contribution in [-0.2, 0) is 4.79 Å². The second kappa shape index (κ2) is 6.54. The van der Waals surface area contributed by atoms with Gasteiger partial charge >= 0.3 is 0 Å². The molecule has 3 N–H and O–H groups in total. The zero-order valence-corrected chi connectivity index (χ0v) is 11.3. The average Bonchev–Trinajstić information content (AvgIpc) is 2.86. The zero-order chi connectivity index (χ0) is 13.7. The molecule has 1 aliphatic heterocycles. The van der Waals surface area contributed by atoms with Crippen LogP contribution in [0.15, 0.2) is 24.3 Å². The SMILES string of the molecule is COc1ccc(NC(=O)CN2CCCC2CN)cc1. The Labute approximate surface area is 113 Å². The highest BCUT2D eigenvalue weighted by atomic mass is 16.5. The fraction of sp³-hybridized carbons (Fsp3) is 0.500. The number of likely N-dealkylation sites (tertiary alicyclic amines) is 1. The molecule has 0 radical (unpaired) electrons. The molecule has 5 heteroatoms. The first kappa shape index (κ1) is 13.8. The van der Waals surface area contributed by atoms with Crippen LogP contribution < -0.4 is 15.8 Å². The van der Waals surface area contributed by atoms with Crippen LogP contribution in [0.1, 0.15) is 12.8 Å². The normalized spacial score (nSPS) is 19.4. The van der Waals surface area contributed by atoms with Crippen LogP contribution in [0.4, 0.5) is 5.69 Å². The first-order valence-corrected chi connectivity index (χ1v) is 6.61. The van der Waals surface area contributed by atoms with Gasteiger partial charge in [-0.05, 0) is 43.7 Å². The topological polar surface area (TPSA) is 67.6 Å². The van der Waals surface area contributed by atoms with E-state index in [1.807, 2.05) is 24.3 Å². The van der Waals surface area contributed by atoms with Gasteiger partial charge in [0.2, 0.25) is 5.91 Å². The van der Waals surface area contributed by atoms with E-state index in [-0.39, 0.29) is 5.91 Å². The van der Waals surface area contributed by atoms with Gasteiger partial charge < -0.3 is 15.8 Å². The molecule has 2 rings (SSSR count). The molecule has 104 valence electrons. The van der Waals surface area contributed by atoms with Crippen LogP contribution in [-0.4, -0.2) is 43.6 Å². The maximum absolute atomic E-state index is 12.0. The number of nitrogens with two attached hydrogens (primary N) is 1. The number of carbonyl (C=O) groups is 1. The maximum atomic E-state index is 12.0. The van der Waals surface area contributed by atoms with Crippen molar-refractivity contribution < 1.29 is 9.53 Å². The summed E-state index contributed by atoms with van der Waals surface area (Å²) in [6, 6.07) is 7.67. The molecule has 1 unspecified atom stereocenters. The van der Waals surface area contributed by atoms with Gasteiger partial charge in [0.1, 0.15) is 5.75 Å². The van der Waals surface area contributed by atoms with Gasteiger partial charge in [-0.2, -0.15) is 0 Å². The molecule has 0 spiro atoms. The number of hydrogen-bond acceptors (Lipinski definition) is 4. The van der Waals surface area contributed by atoms with Crippen molar-refractivity contribution in [2.45, 2.75) is 18.9 Å². The van der Waals surface area contributed by atoms with Crippen LogP contribution in [0.5, 0.6) is 5.75 Å². The Balaban J connectivity index is 1.86. The van der Waals surface area contributed by atoms with Crippen LogP contribution in [0.2, 0.25) is 0 Å². The van der Waals surface area contributed by atoms with E-state index in [9.17, 15) is 4.79 Å². The van der Waals surface area contributed by atoms with Crippen molar-refractivity contribution >= 4 is 11.6 Å². The average molecular weight is 263 g/mol. The fourth-order valence-corrected chi connectivity index (χ4v) is 2.43. The summed E-state index contributed by atoms with van der Waals surface area (Å²) < 4.78 is 5.08. The van der Waals surface area contributed by atoms with Gasteiger partial charge in [0.05, 0.1) is 13.7 Å². The van der Waals surface area contributed by atoms with E-state index in [4.69, 9.17) is 10.5 Å². The van der Waals surface area contributed by atoms with Crippen LogP contribution >= 0.6 is 0 Å². The Morgan fingerprint density at radius 3 is 2.84 bits per heavy atom. The molecule has 1 atom stereocenters. The van der Waals surface area contributed by atoms with E-state index in [0.29, 0.717) is 19.1 Å². The van der Waals surface area contributed by atoms with Gasteiger partial charge in [-0.3, -0.25) is 9.69 Å². The Kier molecular flexibility index (Phi) is 4.76. The highest BCUT2D eigenvalue weighted by molar-refractivity contribution is 5.92. The molecular weight excluding hydrogens is 242 g/mol. The summed E-state index contributed by atoms with van der Waals surface area (Å²) in [6.45, 7) is 1.99. The lowest BCUT2D eigenvalue weighted by molar-refractivity contribution is -0.117. The van der Waals surface area contributed by atoms with Crippen molar-refractivity contribution in [2.24, 2.45) is 5.73 Å². The Morgan fingerprint density at radius 2 is 2.21 bits per heavy atom. The third-order valence-electron chi connectivity index (χ3n) is 3.49. The summed E-state index contributed by atoms with van der Waals surface area (Å²) in [4.78, 5) is 14.1. The van der Waals surface area contributed by atoms with E-state index in [1.165, 1.54) is 0 Å². The molecule has 1 amide bonds. The third kappa shape index (κ3) is 3.68. The molecule has 1 fully saturated rings. The summed E-state index contributed by atoms with van der Waals surface area (Å²) >= 11 is 0. The number of amides is 1. The van der Waals surface area contributed by atoms with Gasteiger partial charge in [0.15, 0.2) is 0 Å². The molecule has 1 heterocycles. The number of anilines is 1. The minimum atomic E-state index is 0.00511. The summed E-state index contributed by atoms with van der Waals surface area (Å²) in [5, 5.41) is 2.89. The predicted octanol–water partition coefficient (Wildman–Crippen LogP) is 1.06. The van der Waals surface area contributed by atoms with Gasteiger partial charge in [-0.1, -0.05) is 0 Å². The number of ether oxygens (including phenoxy) is 1. The molecular formula is C14H21N3O2. The second-order valence-corrected chi connectivity index (χ2v) is 4.78. The molecule has 19 heavy (non-hydrogen) atoms. The molecule has 0 bridgehead atoms. The lowest BCUT2D eigenvalue weighted by Crippen LogP contribution is -2.40. The monoisotopic (exact) mass is 263 g/mol. The zero-order valence-electron chi connectivity index (χ0n) is 11.3. The van der Waals surface area contributed by atoms with E-state index in [1.54, 1.807) is 7.11 Å². The van der Waals surface area contributed by atoms with Crippen LogP contribution in [0, 0.1) is 0 Å². The molecule has 1 aliphatic rings. The molecule has 0 saturated carbocycles. The number of rotatable bonds is 5. The molecule has 0 aromatic heterocycles. The van der Waals surface area contributed by atoms with Crippen molar-refractivity contribution in [3.05, 3.63) is 24.3 Å². The second-order valence-electron chi connectivity index (χ2n) is 4.78. The minimum Gasteiger partial charge on any atom is -0.497 e. The molecule has 1 saturated heterocycles. The smallest absolute Gasteiger partial charge is 0.238 e. The lowest BCUT2D eigenvalue weighted by Gasteiger charge is -2.22. The fourth-order valence-electron chi connectivity index (χ4n) is 2.43. The van der Waals surface area contributed by atoms with Crippen molar-refractivity contribution in [3.8, 4) is 5.75 Å². The molecule has 0 aliphatic carbocycles. The Morgan fingerprint density at radius 1 is 1.47 bits per heavy atom. The van der Waals surface area contributed by atoms with Gasteiger partial charge in [-0.25, -0.2) is 0 Å². The summed E-state index contributed by atoms with van der Waals surface area (Å²) in [6.07, 6.45) is 2.21. The van der Waals surface area contributed by atoms with E-state index >= 15 is 0 Å². The van der Waals surface area contributed by atoms with Crippen molar-refractivity contribution in [2.75, 3.05) is 32.1 Å². The van der Waals surface area contributed by atoms with Crippen molar-refractivity contribution in [1.82, 2.24) is 4.90 Å². The van der Waals surface area contributed by atoms with Crippen molar-refractivity contribution in [3.63, 3.8) is 0 Å². The predicted molar refractivity (Wildman–Crippen MR) is 75.3 cm³/mol. The maximum Gasteiger partial charge on any atom is 0.238 e. The number of carbonyl (C=O) groups excluding carboxylic acids is 1. The number of benzene rings is 1. The van der Waals surface area contributed by atoms with Gasteiger partial charge in [0, 0.05) is 18.3 Å². The Bertz CT molecular complexity index is 419. The largest absolute Gasteiger partial charge is 0.497 e. The summed E-state index contributed by atoms with van der Waals surface area (Å²) in [5.41, 5.74) is 6.48. The van der Waals surface area contributed by atoms with E-state index in [0.717, 1.165) is 30.8 Å². The van der Waals surface area contributed by atoms with Gasteiger partial charge in [-0.15, -0.1) is 0 Å². The highest BCUT2D eigenvalue weighted by Crippen LogP contribution is 2.17. The molecule has 1 aromatic rings. The van der Waals surface area contributed by atoms with E-state index in [2.05, 4.69) is 10.2 Å². The summed E-state index contributed by atoms with van der Waals surface area (Å²) in [7, 11) is 1.62. The molecule has 1 aromatic carbocycles. The van der Waals surface area contributed by atoms with Gasteiger partial charge in [0.25, 0.3) is 0 Å². The highest BCUT2D eigenvalue weighted by Gasteiger charge is 2.24. The molecule has 5 nitrogen and oxygen atoms in total. The third-order valence-corrected chi connectivity index (χ3v) is 3.49. The Hall–Kier alpha value is -1.59. The summed E-state index contributed by atoms with van der Waals surface area (Å²) in [5.74, 6) is 0.784. The first-order chi connectivity index (χ1) is 9.22. The number of methoxy groups -OCH3 is 1. The standard InChI is InChI=1S/C14H21N3O2/c1-19-13-6-4-11(5-7-13)16-14(18)10-17-8-2-3-12(17)9-15/h4-7,12H,2-3,8-10,15H2,1H3,(H,16,18). The van der Waals surface area contributed by atoms with E-state index < -0.39 is 0 Å². The number of hydrogen-bond donors (Lipinski definition) is 2. The van der Waals surface area contributed by atoms with Crippen LogP contribution in [0.3, 0.4) is 0 Å². The first-order valence-electron chi connectivity index (χ1n) is 6.61.